The van der Waals surface area contributed by atoms with Crippen LogP contribution in [0.4, 0.5) is 4.39 Å². The molecular weight excluding hydrogens is 239 g/mol. The zero-order valence-electron chi connectivity index (χ0n) is 11.2. The molecule has 1 N–H and O–H groups in total. The van der Waals surface area contributed by atoms with Gasteiger partial charge in [0, 0.05) is 31.0 Å². The maximum Gasteiger partial charge on any atom is 0.123 e. The molecule has 3 heteroatoms. The summed E-state index contributed by atoms with van der Waals surface area (Å²) in [5, 5.41) is 3.52. The minimum atomic E-state index is -0.162. The number of benzene rings is 1. The molecule has 1 aromatic heterocycles. The van der Waals surface area contributed by atoms with E-state index in [1.54, 1.807) is 6.07 Å². The lowest BCUT2D eigenvalue weighted by Gasteiger charge is -2.12. The van der Waals surface area contributed by atoms with Gasteiger partial charge in [-0.25, -0.2) is 4.39 Å². The number of nitrogens with one attached hydrogen (secondary N) is 1. The predicted molar refractivity (Wildman–Crippen MR) is 74.5 cm³/mol. The van der Waals surface area contributed by atoms with Crippen LogP contribution in [0.5, 0.6) is 0 Å². The van der Waals surface area contributed by atoms with Gasteiger partial charge in [0.15, 0.2) is 0 Å². The highest BCUT2D eigenvalue weighted by Gasteiger charge is 2.20. The second kappa shape index (κ2) is 5.17. The average molecular weight is 258 g/mol. The number of rotatable bonds is 5. The lowest BCUT2D eigenvalue weighted by molar-refractivity contribution is 0.615. The van der Waals surface area contributed by atoms with E-state index < -0.39 is 0 Å². The first kappa shape index (κ1) is 12.4. The monoisotopic (exact) mass is 258 g/mol. The summed E-state index contributed by atoms with van der Waals surface area (Å²) >= 11 is 0. The molecule has 19 heavy (non-hydrogen) atoms. The van der Waals surface area contributed by atoms with Gasteiger partial charge < -0.3 is 9.88 Å². The molecule has 2 nitrogen and oxygen atoms in total. The van der Waals surface area contributed by atoms with Crippen LogP contribution < -0.4 is 5.32 Å². The summed E-state index contributed by atoms with van der Waals surface area (Å²) in [6, 6.07) is 9.88. The number of aryl methyl sites for hydroxylation is 1. The molecule has 0 amide bonds. The fourth-order valence-electron chi connectivity index (χ4n) is 2.29. The van der Waals surface area contributed by atoms with E-state index in [0.717, 1.165) is 24.2 Å². The Morgan fingerprint density at radius 2 is 2.16 bits per heavy atom. The van der Waals surface area contributed by atoms with Crippen LogP contribution in [0.15, 0.2) is 36.5 Å². The van der Waals surface area contributed by atoms with Crippen molar-refractivity contribution in [2.75, 3.05) is 0 Å². The van der Waals surface area contributed by atoms with Crippen LogP contribution in [0, 0.1) is 12.7 Å². The highest BCUT2D eigenvalue weighted by molar-refractivity contribution is 5.27. The normalized spacial score (nSPS) is 14.8. The van der Waals surface area contributed by atoms with Gasteiger partial charge in [-0.15, -0.1) is 0 Å². The van der Waals surface area contributed by atoms with Gasteiger partial charge in [-0.2, -0.15) is 0 Å². The predicted octanol–water partition coefficient (Wildman–Crippen LogP) is 3.24. The fourth-order valence-corrected chi connectivity index (χ4v) is 2.29. The highest BCUT2D eigenvalue weighted by Crippen LogP contribution is 2.20. The topological polar surface area (TPSA) is 17.0 Å². The Balaban J connectivity index is 1.74. The Labute approximate surface area is 113 Å². The third kappa shape index (κ3) is 3.04. The van der Waals surface area contributed by atoms with Gasteiger partial charge in [0.1, 0.15) is 5.82 Å². The third-order valence-corrected chi connectivity index (χ3v) is 3.72. The molecular formula is C16H19FN2. The van der Waals surface area contributed by atoms with Crippen LogP contribution in [0.25, 0.3) is 0 Å². The Kier molecular flexibility index (Phi) is 3.38. The minimum Gasteiger partial charge on any atom is -0.346 e. The lowest BCUT2D eigenvalue weighted by Crippen LogP contribution is -2.18. The summed E-state index contributed by atoms with van der Waals surface area (Å²) in [5.74, 6) is -0.162. The SMILES string of the molecule is Cc1ccc(F)cc1Cn1cccc1CNC1CC1. The number of hydrogen-bond donors (Lipinski definition) is 1. The summed E-state index contributed by atoms with van der Waals surface area (Å²) in [7, 11) is 0. The van der Waals surface area contributed by atoms with Gasteiger partial charge >= 0.3 is 0 Å². The van der Waals surface area contributed by atoms with Gasteiger partial charge in [-0.1, -0.05) is 6.07 Å². The lowest BCUT2D eigenvalue weighted by atomic mass is 10.1. The number of hydrogen-bond acceptors (Lipinski definition) is 1. The Morgan fingerprint density at radius 1 is 1.32 bits per heavy atom. The Hall–Kier alpha value is -1.61. The molecule has 1 saturated carbocycles. The minimum absolute atomic E-state index is 0.162. The standard InChI is InChI=1S/C16H19FN2/c1-12-4-5-14(17)9-13(12)11-19-8-2-3-16(19)10-18-15-6-7-15/h2-5,8-9,15,18H,6-7,10-11H2,1H3. The van der Waals surface area contributed by atoms with Crippen molar-refractivity contribution in [2.45, 2.75) is 38.9 Å². The van der Waals surface area contributed by atoms with Crippen LogP contribution in [-0.4, -0.2) is 10.6 Å². The molecule has 100 valence electrons. The van der Waals surface area contributed by atoms with E-state index in [0.29, 0.717) is 6.04 Å². The third-order valence-electron chi connectivity index (χ3n) is 3.72. The zero-order chi connectivity index (χ0) is 13.2. The molecule has 0 atom stereocenters. The highest BCUT2D eigenvalue weighted by atomic mass is 19.1. The molecule has 0 spiro atoms. The van der Waals surface area contributed by atoms with Crippen LogP contribution >= 0.6 is 0 Å². The van der Waals surface area contributed by atoms with E-state index in [4.69, 9.17) is 0 Å². The molecule has 3 rings (SSSR count). The van der Waals surface area contributed by atoms with Crippen molar-refractivity contribution in [2.24, 2.45) is 0 Å². The van der Waals surface area contributed by atoms with Crippen LogP contribution in [0.3, 0.4) is 0 Å². The smallest absolute Gasteiger partial charge is 0.123 e. The maximum absolute atomic E-state index is 13.3. The summed E-state index contributed by atoms with van der Waals surface area (Å²) in [5.41, 5.74) is 3.44. The van der Waals surface area contributed by atoms with E-state index in [1.165, 1.54) is 24.6 Å². The van der Waals surface area contributed by atoms with Crippen LogP contribution in [0.2, 0.25) is 0 Å². The van der Waals surface area contributed by atoms with Crippen molar-refractivity contribution in [3.63, 3.8) is 0 Å². The largest absolute Gasteiger partial charge is 0.346 e. The van der Waals surface area contributed by atoms with E-state index in [-0.39, 0.29) is 5.82 Å². The molecule has 1 heterocycles. The van der Waals surface area contributed by atoms with Crippen molar-refractivity contribution >= 4 is 0 Å². The number of halogens is 1. The van der Waals surface area contributed by atoms with Crippen molar-refractivity contribution < 1.29 is 4.39 Å². The van der Waals surface area contributed by atoms with Crippen molar-refractivity contribution in [3.05, 3.63) is 59.2 Å². The second-order valence-electron chi connectivity index (χ2n) is 5.35. The fraction of sp³-hybridized carbons (Fsp3) is 0.375. The molecule has 0 saturated heterocycles. The van der Waals surface area contributed by atoms with Gasteiger partial charge in [-0.05, 0) is 55.2 Å². The molecule has 0 aliphatic heterocycles. The van der Waals surface area contributed by atoms with E-state index in [9.17, 15) is 4.39 Å². The van der Waals surface area contributed by atoms with E-state index in [2.05, 4.69) is 28.2 Å². The first-order chi connectivity index (χ1) is 9.22. The Morgan fingerprint density at radius 3 is 2.95 bits per heavy atom. The Bertz CT molecular complexity index is 570. The molecule has 1 aliphatic rings. The summed E-state index contributed by atoms with van der Waals surface area (Å²) in [6.45, 7) is 3.66. The molecule has 0 unspecified atom stereocenters. The molecule has 1 fully saturated rings. The average Bonchev–Trinajstić information content (AvgIpc) is 3.12. The maximum atomic E-state index is 13.3. The van der Waals surface area contributed by atoms with Gasteiger partial charge in [0.2, 0.25) is 0 Å². The first-order valence-electron chi connectivity index (χ1n) is 6.85. The number of nitrogens with zero attached hydrogens (tertiary/aromatic N) is 1. The molecule has 0 radical (unpaired) electrons. The molecule has 1 aromatic carbocycles. The van der Waals surface area contributed by atoms with Crippen molar-refractivity contribution in [3.8, 4) is 0 Å². The molecule has 0 bridgehead atoms. The number of aromatic nitrogens is 1. The van der Waals surface area contributed by atoms with Crippen molar-refractivity contribution in [1.82, 2.24) is 9.88 Å². The molecule has 1 aliphatic carbocycles. The summed E-state index contributed by atoms with van der Waals surface area (Å²) < 4.78 is 15.5. The van der Waals surface area contributed by atoms with Crippen LogP contribution in [0.1, 0.15) is 29.7 Å². The van der Waals surface area contributed by atoms with Gasteiger partial charge in [0.25, 0.3) is 0 Å². The summed E-state index contributed by atoms with van der Waals surface area (Å²) in [4.78, 5) is 0. The quantitative estimate of drug-likeness (QED) is 0.871. The summed E-state index contributed by atoms with van der Waals surface area (Å²) in [6.07, 6.45) is 4.65. The van der Waals surface area contributed by atoms with Crippen LogP contribution in [-0.2, 0) is 13.1 Å². The second-order valence-corrected chi connectivity index (χ2v) is 5.35. The zero-order valence-corrected chi connectivity index (χ0v) is 11.2. The van der Waals surface area contributed by atoms with Gasteiger partial charge in [0.05, 0.1) is 0 Å². The molecule has 2 aromatic rings. The van der Waals surface area contributed by atoms with Gasteiger partial charge in [-0.3, -0.25) is 0 Å². The van der Waals surface area contributed by atoms with Crippen molar-refractivity contribution in [1.29, 1.82) is 0 Å². The van der Waals surface area contributed by atoms with E-state index >= 15 is 0 Å². The van der Waals surface area contributed by atoms with E-state index in [1.807, 2.05) is 13.0 Å². The first-order valence-corrected chi connectivity index (χ1v) is 6.85.